The number of aryl methyl sites for hydroxylation is 2. The third-order valence-electron chi connectivity index (χ3n) is 4.62. The zero-order chi connectivity index (χ0) is 18.1. The monoisotopic (exact) mass is 493 g/mol. The van der Waals surface area contributed by atoms with Crippen LogP contribution in [0.2, 0.25) is 0 Å². The first-order chi connectivity index (χ1) is 12.1. The molecular weight excluding hydrogens is 461 g/mol. The van der Waals surface area contributed by atoms with Gasteiger partial charge in [-0.1, -0.05) is 19.3 Å². The number of aromatic nitrogens is 1. The van der Waals surface area contributed by atoms with E-state index in [1.807, 2.05) is 6.92 Å². The van der Waals surface area contributed by atoms with E-state index in [0.29, 0.717) is 13.1 Å². The Balaban J connectivity index is 0.00000338. The average Bonchev–Trinajstić information content (AvgIpc) is 2.95. The molecule has 1 aliphatic rings. The van der Waals surface area contributed by atoms with Crippen molar-refractivity contribution in [3.8, 4) is 0 Å². The second-order valence-corrected chi connectivity index (χ2v) is 7.84. The zero-order valence-electron chi connectivity index (χ0n) is 16.1. The van der Waals surface area contributed by atoms with Crippen molar-refractivity contribution in [2.45, 2.75) is 52.4 Å². The third kappa shape index (κ3) is 7.77. The van der Waals surface area contributed by atoms with Crippen LogP contribution in [0.3, 0.4) is 0 Å². The number of guanidine groups is 1. The predicted molar refractivity (Wildman–Crippen MR) is 120 cm³/mol. The van der Waals surface area contributed by atoms with E-state index in [1.165, 1.54) is 24.1 Å². The molecule has 6 nitrogen and oxygen atoms in total. The molecule has 0 aromatic carbocycles. The van der Waals surface area contributed by atoms with E-state index in [1.54, 1.807) is 18.4 Å². The first kappa shape index (κ1) is 23.1. The molecule has 0 unspecified atom stereocenters. The van der Waals surface area contributed by atoms with Crippen LogP contribution in [0.5, 0.6) is 0 Å². The van der Waals surface area contributed by atoms with Crippen LogP contribution < -0.4 is 16.0 Å². The molecule has 8 heteroatoms. The van der Waals surface area contributed by atoms with Gasteiger partial charge in [-0.3, -0.25) is 9.79 Å². The van der Waals surface area contributed by atoms with Crippen molar-refractivity contribution in [3.63, 3.8) is 0 Å². The highest BCUT2D eigenvalue weighted by atomic mass is 127. The number of nitrogens with zero attached hydrogens (tertiary/aromatic N) is 2. The Kier molecular flexibility index (Phi) is 11.1. The zero-order valence-corrected chi connectivity index (χ0v) is 19.2. The Morgan fingerprint density at radius 2 is 1.77 bits per heavy atom. The van der Waals surface area contributed by atoms with Gasteiger partial charge in [0.15, 0.2) is 5.96 Å². The second-order valence-electron chi connectivity index (χ2n) is 6.55. The van der Waals surface area contributed by atoms with Crippen LogP contribution in [-0.4, -0.2) is 43.5 Å². The highest BCUT2D eigenvalue weighted by molar-refractivity contribution is 14.0. The average molecular weight is 493 g/mol. The van der Waals surface area contributed by atoms with E-state index < -0.39 is 0 Å². The highest BCUT2D eigenvalue weighted by Crippen LogP contribution is 2.23. The molecule has 1 heterocycles. The van der Waals surface area contributed by atoms with Crippen molar-refractivity contribution in [2.75, 3.05) is 26.7 Å². The molecule has 1 fully saturated rings. The molecule has 0 aliphatic heterocycles. The van der Waals surface area contributed by atoms with E-state index in [9.17, 15) is 4.79 Å². The minimum Gasteiger partial charge on any atom is -0.356 e. The number of aliphatic imine (C=N–C) groups is 1. The Bertz CT molecular complexity index is 565. The van der Waals surface area contributed by atoms with Gasteiger partial charge in [-0.05, 0) is 26.7 Å². The molecular formula is C18H32IN5OS. The summed E-state index contributed by atoms with van der Waals surface area (Å²) >= 11 is 1.75. The van der Waals surface area contributed by atoms with Gasteiger partial charge in [0.1, 0.15) is 0 Å². The topological polar surface area (TPSA) is 78.4 Å². The fourth-order valence-electron chi connectivity index (χ4n) is 3.03. The molecule has 2 rings (SSSR count). The van der Waals surface area contributed by atoms with Crippen LogP contribution >= 0.6 is 35.3 Å². The number of thiazole rings is 1. The lowest BCUT2D eigenvalue weighted by molar-refractivity contribution is -0.125. The van der Waals surface area contributed by atoms with Gasteiger partial charge in [-0.2, -0.15) is 0 Å². The molecule has 1 amide bonds. The summed E-state index contributed by atoms with van der Waals surface area (Å²) in [6.45, 7) is 6.24. The normalized spacial score (nSPS) is 15.3. The minimum absolute atomic E-state index is 0. The molecule has 1 aromatic rings. The maximum absolute atomic E-state index is 12.1. The molecule has 0 bridgehead atoms. The van der Waals surface area contributed by atoms with Crippen molar-refractivity contribution >= 4 is 47.2 Å². The lowest BCUT2D eigenvalue weighted by Gasteiger charge is -2.21. The number of carbonyl (C=O) groups excluding carboxylic acids is 1. The van der Waals surface area contributed by atoms with Gasteiger partial charge >= 0.3 is 0 Å². The van der Waals surface area contributed by atoms with Gasteiger partial charge in [-0.25, -0.2) is 4.98 Å². The van der Waals surface area contributed by atoms with Gasteiger partial charge in [0.25, 0.3) is 0 Å². The number of amides is 1. The van der Waals surface area contributed by atoms with Gasteiger partial charge in [-0.15, -0.1) is 35.3 Å². The molecule has 1 aliphatic carbocycles. The number of hydrogen-bond acceptors (Lipinski definition) is 4. The van der Waals surface area contributed by atoms with Crippen molar-refractivity contribution in [2.24, 2.45) is 10.9 Å². The molecule has 3 N–H and O–H groups in total. The molecule has 1 aromatic heterocycles. The standard InChI is InChI=1S/C18H31N5OS.HI/c1-13-14(2)25-16(23-13)9-10-21-18(19-3)22-12-11-20-17(24)15-7-5-4-6-8-15;/h15H,4-12H2,1-3H3,(H,20,24)(H2,19,21,22);1H. The summed E-state index contributed by atoms with van der Waals surface area (Å²) in [4.78, 5) is 22.1. The quantitative estimate of drug-likeness (QED) is 0.236. The van der Waals surface area contributed by atoms with Crippen molar-refractivity contribution in [1.29, 1.82) is 0 Å². The van der Waals surface area contributed by atoms with Gasteiger partial charge in [0, 0.05) is 43.9 Å². The van der Waals surface area contributed by atoms with E-state index in [-0.39, 0.29) is 35.8 Å². The van der Waals surface area contributed by atoms with Gasteiger partial charge in [0.2, 0.25) is 5.91 Å². The summed E-state index contributed by atoms with van der Waals surface area (Å²) in [6, 6.07) is 0. The van der Waals surface area contributed by atoms with Gasteiger partial charge < -0.3 is 16.0 Å². The maximum atomic E-state index is 12.1. The van der Waals surface area contributed by atoms with Crippen molar-refractivity contribution in [1.82, 2.24) is 20.9 Å². The Morgan fingerprint density at radius 1 is 1.12 bits per heavy atom. The number of rotatable bonds is 7. The number of carbonyl (C=O) groups is 1. The molecule has 0 atom stereocenters. The van der Waals surface area contributed by atoms with Gasteiger partial charge in [0.05, 0.1) is 10.7 Å². The first-order valence-corrected chi connectivity index (χ1v) is 10.1. The summed E-state index contributed by atoms with van der Waals surface area (Å²) in [5, 5.41) is 10.7. The highest BCUT2D eigenvalue weighted by Gasteiger charge is 2.20. The number of nitrogens with one attached hydrogen (secondary N) is 3. The fraction of sp³-hybridized carbons (Fsp3) is 0.722. The van der Waals surface area contributed by atoms with Crippen LogP contribution in [0.1, 0.15) is 47.7 Å². The number of halogens is 1. The Labute approximate surface area is 178 Å². The smallest absolute Gasteiger partial charge is 0.223 e. The largest absolute Gasteiger partial charge is 0.356 e. The van der Waals surface area contributed by atoms with E-state index in [0.717, 1.165) is 42.5 Å². The first-order valence-electron chi connectivity index (χ1n) is 9.25. The minimum atomic E-state index is 0. The fourth-order valence-corrected chi connectivity index (χ4v) is 3.96. The second kappa shape index (κ2) is 12.5. The van der Waals surface area contributed by atoms with Crippen LogP contribution in [0, 0.1) is 19.8 Å². The summed E-state index contributed by atoms with van der Waals surface area (Å²) in [6.07, 6.45) is 6.61. The molecule has 0 radical (unpaired) electrons. The molecule has 26 heavy (non-hydrogen) atoms. The summed E-state index contributed by atoms with van der Waals surface area (Å²) in [7, 11) is 1.76. The lowest BCUT2D eigenvalue weighted by atomic mass is 9.89. The van der Waals surface area contributed by atoms with E-state index >= 15 is 0 Å². The molecule has 1 saturated carbocycles. The maximum Gasteiger partial charge on any atom is 0.223 e. The molecule has 148 valence electrons. The molecule has 0 saturated heterocycles. The van der Waals surface area contributed by atoms with E-state index in [4.69, 9.17) is 0 Å². The lowest BCUT2D eigenvalue weighted by Crippen LogP contribution is -2.43. The van der Waals surface area contributed by atoms with Crippen LogP contribution in [0.4, 0.5) is 0 Å². The predicted octanol–water partition coefficient (Wildman–Crippen LogP) is 2.78. The summed E-state index contributed by atoms with van der Waals surface area (Å²) < 4.78 is 0. The van der Waals surface area contributed by atoms with Crippen LogP contribution in [-0.2, 0) is 11.2 Å². The van der Waals surface area contributed by atoms with Crippen LogP contribution in [0.15, 0.2) is 4.99 Å². The van der Waals surface area contributed by atoms with Crippen molar-refractivity contribution < 1.29 is 4.79 Å². The third-order valence-corrected chi connectivity index (χ3v) is 5.75. The van der Waals surface area contributed by atoms with E-state index in [2.05, 4.69) is 32.9 Å². The molecule has 0 spiro atoms. The van der Waals surface area contributed by atoms with Crippen molar-refractivity contribution in [3.05, 3.63) is 15.6 Å². The Morgan fingerprint density at radius 3 is 2.38 bits per heavy atom. The van der Waals surface area contributed by atoms with Crippen LogP contribution in [0.25, 0.3) is 0 Å². The summed E-state index contributed by atoms with van der Waals surface area (Å²) in [5.74, 6) is 1.19. The SMILES string of the molecule is CN=C(NCCNC(=O)C1CCCCC1)NCCc1nc(C)c(C)s1.I. The number of hydrogen-bond donors (Lipinski definition) is 3. The summed E-state index contributed by atoms with van der Waals surface area (Å²) in [5.41, 5.74) is 1.12. The Hall–Kier alpha value is -0.900.